The van der Waals surface area contributed by atoms with E-state index in [4.69, 9.17) is 11.6 Å². The minimum atomic E-state index is -0.180. The molecule has 0 saturated heterocycles. The number of hydrogen-bond donors (Lipinski definition) is 0. The van der Waals surface area contributed by atoms with E-state index in [1.165, 1.54) is 11.8 Å². The molecule has 0 aliphatic carbocycles. The van der Waals surface area contributed by atoms with Crippen molar-refractivity contribution in [3.8, 4) is 5.69 Å². The zero-order valence-corrected chi connectivity index (χ0v) is 14.6. The molecule has 1 unspecified atom stereocenters. The van der Waals surface area contributed by atoms with Crippen LogP contribution >= 0.6 is 23.4 Å². The van der Waals surface area contributed by atoms with Crippen LogP contribution in [-0.2, 0) is 4.79 Å². The molecule has 2 aromatic rings. The number of carbonyl (C=O) groups excluding carboxylic acids is 1. The number of aromatic nitrogens is 2. The monoisotopic (exact) mass is 337 g/mol. The zero-order chi connectivity index (χ0) is 16.1. The second-order valence-electron chi connectivity index (χ2n) is 4.83. The molecule has 0 aliphatic heterocycles. The Bertz CT molecular complexity index is 640. The van der Waals surface area contributed by atoms with Crippen LogP contribution in [-0.4, -0.2) is 38.7 Å². The van der Waals surface area contributed by atoms with E-state index in [-0.39, 0.29) is 11.2 Å². The van der Waals surface area contributed by atoms with Gasteiger partial charge in [0.25, 0.3) is 0 Å². The van der Waals surface area contributed by atoms with Crippen molar-refractivity contribution in [2.45, 2.75) is 31.2 Å². The molecule has 0 saturated carbocycles. The summed E-state index contributed by atoms with van der Waals surface area (Å²) in [6.07, 6.45) is 3.61. The van der Waals surface area contributed by atoms with Crippen LogP contribution in [0.2, 0.25) is 5.02 Å². The molecule has 4 nitrogen and oxygen atoms in total. The van der Waals surface area contributed by atoms with Gasteiger partial charge in [-0.05, 0) is 39.0 Å². The largest absolute Gasteiger partial charge is 0.342 e. The third kappa shape index (κ3) is 3.84. The summed E-state index contributed by atoms with van der Waals surface area (Å²) < 4.78 is 1.95. The Morgan fingerprint density at radius 2 is 2.14 bits per heavy atom. The summed E-state index contributed by atoms with van der Waals surface area (Å²) in [5.41, 5.74) is 0.940. The second kappa shape index (κ2) is 7.70. The number of carbonyl (C=O) groups is 1. The standard InChI is InChI=1S/C16H20ClN3OS/c1-4-19(5-2)15(21)12(3)22-16-18-9-10-20(16)14-8-6-7-13(17)11-14/h6-12H,4-5H2,1-3H3. The maximum Gasteiger partial charge on any atom is 0.235 e. The van der Waals surface area contributed by atoms with Crippen molar-refractivity contribution >= 4 is 29.3 Å². The van der Waals surface area contributed by atoms with Crippen molar-refractivity contribution in [2.75, 3.05) is 13.1 Å². The predicted octanol–water partition coefficient (Wildman–Crippen LogP) is 3.87. The van der Waals surface area contributed by atoms with Crippen LogP contribution in [0.1, 0.15) is 20.8 Å². The molecule has 1 aromatic heterocycles. The van der Waals surface area contributed by atoms with E-state index in [0.29, 0.717) is 5.02 Å². The third-order valence-corrected chi connectivity index (χ3v) is 4.70. The summed E-state index contributed by atoms with van der Waals surface area (Å²) in [4.78, 5) is 18.6. The Hall–Kier alpha value is -1.46. The molecule has 22 heavy (non-hydrogen) atoms. The van der Waals surface area contributed by atoms with Gasteiger partial charge in [0, 0.05) is 36.2 Å². The number of nitrogens with zero attached hydrogens (tertiary/aromatic N) is 3. The third-order valence-electron chi connectivity index (χ3n) is 3.40. The average molecular weight is 338 g/mol. The van der Waals surface area contributed by atoms with Crippen LogP contribution in [0.15, 0.2) is 41.8 Å². The molecule has 1 heterocycles. The molecule has 2 rings (SSSR count). The summed E-state index contributed by atoms with van der Waals surface area (Å²) in [7, 11) is 0. The van der Waals surface area contributed by atoms with E-state index >= 15 is 0 Å². The maximum absolute atomic E-state index is 12.4. The Morgan fingerprint density at radius 3 is 2.77 bits per heavy atom. The molecule has 1 atom stereocenters. The highest BCUT2D eigenvalue weighted by atomic mass is 35.5. The molecule has 118 valence electrons. The van der Waals surface area contributed by atoms with E-state index in [1.54, 1.807) is 6.20 Å². The number of halogens is 1. The lowest BCUT2D eigenvalue weighted by molar-refractivity contribution is -0.129. The molecule has 6 heteroatoms. The lowest BCUT2D eigenvalue weighted by atomic mass is 10.3. The van der Waals surface area contributed by atoms with Gasteiger partial charge in [-0.15, -0.1) is 0 Å². The Morgan fingerprint density at radius 1 is 1.41 bits per heavy atom. The lowest BCUT2D eigenvalue weighted by Gasteiger charge is -2.22. The van der Waals surface area contributed by atoms with E-state index in [2.05, 4.69) is 4.98 Å². The van der Waals surface area contributed by atoms with Crippen LogP contribution < -0.4 is 0 Å². The molecule has 0 spiro atoms. The van der Waals surface area contributed by atoms with Gasteiger partial charge in [0.1, 0.15) is 0 Å². The predicted molar refractivity (Wildman–Crippen MR) is 91.8 cm³/mol. The number of thioether (sulfide) groups is 1. The number of hydrogen-bond acceptors (Lipinski definition) is 3. The van der Waals surface area contributed by atoms with Gasteiger partial charge in [-0.3, -0.25) is 9.36 Å². The van der Waals surface area contributed by atoms with E-state index in [9.17, 15) is 4.79 Å². The fraction of sp³-hybridized carbons (Fsp3) is 0.375. The lowest BCUT2D eigenvalue weighted by Crippen LogP contribution is -2.36. The van der Waals surface area contributed by atoms with E-state index < -0.39 is 0 Å². The smallest absolute Gasteiger partial charge is 0.235 e. The van der Waals surface area contributed by atoms with Gasteiger partial charge in [0.2, 0.25) is 5.91 Å². The molecular formula is C16H20ClN3OS. The van der Waals surface area contributed by atoms with Crippen molar-refractivity contribution in [3.63, 3.8) is 0 Å². The van der Waals surface area contributed by atoms with Crippen LogP contribution in [0.5, 0.6) is 0 Å². The van der Waals surface area contributed by atoms with Crippen LogP contribution in [0.25, 0.3) is 5.69 Å². The number of benzene rings is 1. The Kier molecular flexibility index (Phi) is 5.91. The normalized spacial score (nSPS) is 12.2. The molecule has 1 amide bonds. The first kappa shape index (κ1) is 16.9. The molecule has 1 aromatic carbocycles. The molecule has 0 N–H and O–H groups in total. The number of imidazole rings is 1. The Balaban J connectivity index is 2.18. The molecule has 0 fully saturated rings. The summed E-state index contributed by atoms with van der Waals surface area (Å²) >= 11 is 7.51. The summed E-state index contributed by atoms with van der Waals surface area (Å²) in [5.74, 6) is 0.135. The molecule has 0 bridgehead atoms. The van der Waals surface area contributed by atoms with E-state index in [0.717, 1.165) is 23.9 Å². The first-order valence-corrected chi connectivity index (χ1v) is 8.57. The van der Waals surface area contributed by atoms with Gasteiger partial charge in [-0.1, -0.05) is 29.4 Å². The van der Waals surface area contributed by atoms with Crippen LogP contribution in [0.4, 0.5) is 0 Å². The van der Waals surface area contributed by atoms with Crippen molar-refractivity contribution in [1.29, 1.82) is 0 Å². The molecular weight excluding hydrogens is 318 g/mol. The summed E-state index contributed by atoms with van der Waals surface area (Å²) in [6, 6.07) is 7.58. The highest BCUT2D eigenvalue weighted by Crippen LogP contribution is 2.26. The highest BCUT2D eigenvalue weighted by Gasteiger charge is 2.21. The summed E-state index contributed by atoms with van der Waals surface area (Å²) in [5, 5.41) is 1.28. The quantitative estimate of drug-likeness (QED) is 0.751. The fourth-order valence-corrected chi connectivity index (χ4v) is 3.35. The second-order valence-corrected chi connectivity index (χ2v) is 6.57. The first-order chi connectivity index (χ1) is 10.6. The molecule has 0 aliphatic rings. The SMILES string of the molecule is CCN(CC)C(=O)C(C)Sc1nccn1-c1cccc(Cl)c1. The fourth-order valence-electron chi connectivity index (χ4n) is 2.20. The van der Waals surface area contributed by atoms with Gasteiger partial charge < -0.3 is 4.90 Å². The van der Waals surface area contributed by atoms with Gasteiger partial charge >= 0.3 is 0 Å². The Labute approximate surface area is 140 Å². The topological polar surface area (TPSA) is 38.1 Å². The first-order valence-electron chi connectivity index (χ1n) is 7.31. The van der Waals surface area contributed by atoms with Crippen LogP contribution in [0, 0.1) is 0 Å². The van der Waals surface area contributed by atoms with Gasteiger partial charge in [-0.25, -0.2) is 4.98 Å². The van der Waals surface area contributed by atoms with Crippen molar-refractivity contribution in [3.05, 3.63) is 41.7 Å². The van der Waals surface area contributed by atoms with Gasteiger partial charge in [0.05, 0.1) is 5.25 Å². The van der Waals surface area contributed by atoms with Crippen molar-refractivity contribution in [2.24, 2.45) is 0 Å². The minimum Gasteiger partial charge on any atom is -0.342 e. The highest BCUT2D eigenvalue weighted by molar-refractivity contribution is 8.00. The average Bonchev–Trinajstić information content (AvgIpc) is 2.96. The minimum absolute atomic E-state index is 0.135. The van der Waals surface area contributed by atoms with Crippen molar-refractivity contribution < 1.29 is 4.79 Å². The zero-order valence-electron chi connectivity index (χ0n) is 13.0. The van der Waals surface area contributed by atoms with Crippen LogP contribution in [0.3, 0.4) is 0 Å². The van der Waals surface area contributed by atoms with Gasteiger partial charge in [-0.2, -0.15) is 0 Å². The number of rotatable bonds is 6. The van der Waals surface area contributed by atoms with Crippen molar-refractivity contribution in [1.82, 2.24) is 14.5 Å². The number of amides is 1. The van der Waals surface area contributed by atoms with Gasteiger partial charge in [0.15, 0.2) is 5.16 Å². The van der Waals surface area contributed by atoms with E-state index in [1.807, 2.05) is 60.7 Å². The maximum atomic E-state index is 12.4. The molecule has 0 radical (unpaired) electrons. The summed E-state index contributed by atoms with van der Waals surface area (Å²) in [6.45, 7) is 7.35.